The number of halogens is 1. The van der Waals surface area contributed by atoms with Crippen LogP contribution in [0, 0.1) is 6.61 Å². The number of aliphatic hydroxyl groups is 1. The third-order valence-corrected chi connectivity index (χ3v) is 2.55. The Hall–Kier alpha value is -0.530. The molecule has 1 aliphatic carbocycles. The number of hydrogen-bond acceptors (Lipinski definition) is 1. The van der Waals surface area contributed by atoms with Crippen LogP contribution in [-0.4, -0.2) is 5.11 Å². The lowest BCUT2D eigenvalue weighted by molar-refractivity contribution is 0.415. The van der Waals surface area contributed by atoms with Gasteiger partial charge in [-0.05, 0) is 30.4 Å². The summed E-state index contributed by atoms with van der Waals surface area (Å²) in [6.45, 7) is 1.06. The highest BCUT2D eigenvalue weighted by Gasteiger charge is 2.23. The molecule has 0 amide bonds. The number of rotatable bonds is 2. The summed E-state index contributed by atoms with van der Waals surface area (Å²) in [5, 5.41) is 9.45. The van der Waals surface area contributed by atoms with E-state index in [1.807, 2.05) is 18.2 Å². The Morgan fingerprint density at radius 1 is 1.42 bits per heavy atom. The molecule has 1 aliphatic rings. The lowest BCUT2D eigenvalue weighted by atomic mass is 10.1. The van der Waals surface area contributed by atoms with E-state index in [4.69, 9.17) is 16.7 Å². The van der Waals surface area contributed by atoms with Crippen molar-refractivity contribution in [2.24, 2.45) is 0 Å². The fourth-order valence-electron chi connectivity index (χ4n) is 1.33. The van der Waals surface area contributed by atoms with E-state index in [0.717, 1.165) is 12.2 Å². The lowest BCUT2D eigenvalue weighted by Gasteiger charge is -2.02. The van der Waals surface area contributed by atoms with Crippen LogP contribution in [0.4, 0.5) is 0 Å². The van der Waals surface area contributed by atoms with E-state index in [2.05, 4.69) is 0 Å². The van der Waals surface area contributed by atoms with Gasteiger partial charge in [-0.25, -0.2) is 0 Å². The molecule has 0 saturated heterocycles. The van der Waals surface area contributed by atoms with E-state index in [0.29, 0.717) is 10.9 Å². The quantitative estimate of drug-likeness (QED) is 0.744. The highest BCUT2D eigenvalue weighted by atomic mass is 35.5. The van der Waals surface area contributed by atoms with Crippen LogP contribution in [0.2, 0.25) is 5.02 Å². The molecule has 1 aromatic carbocycles. The second kappa shape index (κ2) is 3.08. The summed E-state index contributed by atoms with van der Waals surface area (Å²) in [5.74, 6) is 0.709. The van der Waals surface area contributed by atoms with Crippen molar-refractivity contribution in [3.05, 3.63) is 41.0 Å². The molecule has 1 N–H and O–H groups in total. The molecule has 0 unspecified atom stereocenters. The summed E-state index contributed by atoms with van der Waals surface area (Å²) < 4.78 is 0. The maximum Gasteiger partial charge on any atom is 0.111 e. The fraction of sp³-hybridized carbons (Fsp3) is 0.300. The minimum Gasteiger partial charge on any atom is -0.385 e. The van der Waals surface area contributed by atoms with Crippen molar-refractivity contribution in [2.45, 2.75) is 18.8 Å². The zero-order valence-electron chi connectivity index (χ0n) is 6.63. The Balaban J connectivity index is 2.33. The van der Waals surface area contributed by atoms with Crippen LogP contribution in [-0.2, 0) is 0 Å². The maximum absolute atomic E-state index is 8.84. The van der Waals surface area contributed by atoms with E-state index >= 15 is 0 Å². The largest absolute Gasteiger partial charge is 0.385 e. The third kappa shape index (κ3) is 1.47. The van der Waals surface area contributed by atoms with Crippen LogP contribution >= 0.6 is 11.6 Å². The summed E-state index contributed by atoms with van der Waals surface area (Å²) in [5.41, 5.74) is 2.01. The van der Waals surface area contributed by atoms with Crippen LogP contribution in [0.15, 0.2) is 18.2 Å². The molecule has 0 bridgehead atoms. The summed E-state index contributed by atoms with van der Waals surface area (Å²) in [6.07, 6.45) is 2.54. The van der Waals surface area contributed by atoms with Crippen molar-refractivity contribution in [1.29, 1.82) is 0 Å². The normalized spacial score (nSPS) is 16.5. The van der Waals surface area contributed by atoms with Crippen LogP contribution in [0.25, 0.3) is 0 Å². The Bertz CT molecular complexity index is 292. The van der Waals surface area contributed by atoms with Crippen molar-refractivity contribution >= 4 is 11.6 Å². The number of aliphatic hydroxyl groups excluding tert-OH is 1. The summed E-state index contributed by atoms with van der Waals surface area (Å²) in [6, 6.07) is 5.84. The van der Waals surface area contributed by atoms with E-state index in [-0.39, 0.29) is 0 Å². The van der Waals surface area contributed by atoms with Crippen LogP contribution < -0.4 is 0 Å². The fourth-order valence-corrected chi connectivity index (χ4v) is 1.50. The first-order valence-electron chi connectivity index (χ1n) is 4.08. The highest BCUT2D eigenvalue weighted by Crippen LogP contribution is 2.40. The van der Waals surface area contributed by atoms with Gasteiger partial charge >= 0.3 is 0 Å². The minimum absolute atomic E-state index is 0.613. The Morgan fingerprint density at radius 2 is 2.17 bits per heavy atom. The molecule has 0 aromatic heterocycles. The lowest BCUT2D eigenvalue weighted by Crippen LogP contribution is -1.86. The standard InChI is InChI=1S/C10H10ClO/c11-10-4-3-8(7-1-2-7)5-9(10)6-12/h3-7,12H,1-2H2. The van der Waals surface area contributed by atoms with Gasteiger partial charge in [-0.1, -0.05) is 23.7 Å². The van der Waals surface area contributed by atoms with E-state index in [1.54, 1.807) is 0 Å². The molecule has 0 heterocycles. The molecule has 1 aromatic rings. The topological polar surface area (TPSA) is 20.2 Å². The number of hydrogen-bond donors (Lipinski definition) is 1. The first-order chi connectivity index (χ1) is 5.81. The van der Waals surface area contributed by atoms with Gasteiger partial charge in [0.05, 0.1) is 0 Å². The molecular formula is C10H10ClO. The van der Waals surface area contributed by atoms with E-state index in [9.17, 15) is 0 Å². The summed E-state index contributed by atoms with van der Waals surface area (Å²) in [7, 11) is 0. The van der Waals surface area contributed by atoms with Gasteiger partial charge in [0.2, 0.25) is 0 Å². The third-order valence-electron chi connectivity index (χ3n) is 2.21. The average molecular weight is 182 g/mol. The molecule has 63 valence electrons. The molecule has 1 fully saturated rings. The molecule has 1 nitrogen and oxygen atoms in total. The van der Waals surface area contributed by atoms with Gasteiger partial charge in [0.25, 0.3) is 0 Å². The molecule has 0 spiro atoms. The van der Waals surface area contributed by atoms with E-state index < -0.39 is 0 Å². The van der Waals surface area contributed by atoms with Crippen molar-refractivity contribution in [3.63, 3.8) is 0 Å². The zero-order chi connectivity index (χ0) is 8.55. The predicted molar refractivity (Wildman–Crippen MR) is 48.8 cm³/mol. The average Bonchev–Trinajstić information content (AvgIpc) is 2.88. The second-order valence-electron chi connectivity index (χ2n) is 3.18. The monoisotopic (exact) mass is 181 g/mol. The molecule has 2 heteroatoms. The van der Waals surface area contributed by atoms with Crippen molar-refractivity contribution < 1.29 is 5.11 Å². The molecule has 2 rings (SSSR count). The molecule has 0 atom stereocenters. The molecule has 1 saturated carbocycles. The van der Waals surface area contributed by atoms with Gasteiger partial charge in [-0.3, -0.25) is 0 Å². The minimum atomic E-state index is 0.613. The van der Waals surface area contributed by atoms with Gasteiger partial charge in [-0.15, -0.1) is 0 Å². The maximum atomic E-state index is 8.84. The summed E-state index contributed by atoms with van der Waals surface area (Å²) in [4.78, 5) is 0. The van der Waals surface area contributed by atoms with Crippen LogP contribution in [0.1, 0.15) is 29.9 Å². The Kier molecular flexibility index (Phi) is 2.07. The van der Waals surface area contributed by atoms with Crippen LogP contribution in [0.3, 0.4) is 0 Å². The van der Waals surface area contributed by atoms with Gasteiger partial charge in [0.15, 0.2) is 0 Å². The molecule has 0 aliphatic heterocycles. The predicted octanol–water partition coefficient (Wildman–Crippen LogP) is 3.10. The van der Waals surface area contributed by atoms with E-state index in [1.165, 1.54) is 18.4 Å². The number of benzene rings is 1. The molecule has 12 heavy (non-hydrogen) atoms. The van der Waals surface area contributed by atoms with Gasteiger partial charge in [0, 0.05) is 10.6 Å². The molecular weight excluding hydrogens is 172 g/mol. The van der Waals surface area contributed by atoms with Crippen molar-refractivity contribution in [2.75, 3.05) is 0 Å². The first-order valence-corrected chi connectivity index (χ1v) is 4.46. The first kappa shape index (κ1) is 8.09. The highest BCUT2D eigenvalue weighted by molar-refractivity contribution is 6.31. The van der Waals surface area contributed by atoms with Gasteiger partial charge in [0.1, 0.15) is 6.61 Å². The Labute approximate surface area is 77.0 Å². The van der Waals surface area contributed by atoms with Crippen molar-refractivity contribution in [1.82, 2.24) is 0 Å². The van der Waals surface area contributed by atoms with Crippen molar-refractivity contribution in [3.8, 4) is 0 Å². The van der Waals surface area contributed by atoms with Gasteiger partial charge in [-0.2, -0.15) is 0 Å². The Morgan fingerprint density at radius 3 is 2.75 bits per heavy atom. The molecule has 1 radical (unpaired) electrons. The van der Waals surface area contributed by atoms with Gasteiger partial charge < -0.3 is 5.11 Å². The SMILES string of the molecule is O[CH]c1cc(C2CC2)ccc1Cl. The van der Waals surface area contributed by atoms with Crippen LogP contribution in [0.5, 0.6) is 0 Å². The zero-order valence-corrected chi connectivity index (χ0v) is 7.38. The summed E-state index contributed by atoms with van der Waals surface area (Å²) >= 11 is 5.83. The smallest absolute Gasteiger partial charge is 0.111 e. The second-order valence-corrected chi connectivity index (χ2v) is 3.59.